The molecule has 7 nitrogen and oxygen atoms in total. The number of carbonyl (C=O) groups is 3. The predicted octanol–water partition coefficient (Wildman–Crippen LogP) is 3.01. The molecule has 1 heterocycles. The van der Waals surface area contributed by atoms with Gasteiger partial charge in [-0.1, -0.05) is 23.7 Å². The third kappa shape index (κ3) is 4.98. The lowest BCUT2D eigenvalue weighted by Crippen LogP contribution is -2.30. The van der Waals surface area contributed by atoms with Crippen molar-refractivity contribution >= 4 is 40.4 Å². The Morgan fingerprint density at radius 1 is 1.23 bits per heavy atom. The quantitative estimate of drug-likeness (QED) is 0.558. The number of carbonyl (C=O) groups excluding carboxylic acids is 3. The van der Waals surface area contributed by atoms with E-state index in [1.807, 2.05) is 0 Å². The molecule has 0 aliphatic rings. The molecule has 2 rings (SSSR count). The molecule has 0 spiro atoms. The number of hydrogen-bond donors (Lipinski definition) is 1. The summed E-state index contributed by atoms with van der Waals surface area (Å²) in [5.74, 6) is -1.50. The molecule has 0 radical (unpaired) electrons. The first kappa shape index (κ1) is 19.8. The summed E-state index contributed by atoms with van der Waals surface area (Å²) in [7, 11) is 0. The summed E-state index contributed by atoms with van der Waals surface area (Å²) in [6, 6.07) is 5.20. The van der Waals surface area contributed by atoms with Gasteiger partial charge in [0.15, 0.2) is 12.2 Å². The number of para-hydroxylation sites is 1. The summed E-state index contributed by atoms with van der Waals surface area (Å²) in [6.45, 7) is 3.62. The van der Waals surface area contributed by atoms with Crippen molar-refractivity contribution in [3.63, 3.8) is 0 Å². The maximum absolute atomic E-state index is 12.1. The normalized spacial score (nSPS) is 10.6. The van der Waals surface area contributed by atoms with E-state index in [0.717, 1.165) is 0 Å². The Bertz CT molecular complexity index is 813. The minimum Gasteiger partial charge on any atom is -0.466 e. The maximum atomic E-state index is 12.1. The molecule has 0 bridgehead atoms. The number of furan rings is 1. The number of esters is 2. The number of halogens is 1. The van der Waals surface area contributed by atoms with Crippen LogP contribution in [0.25, 0.3) is 11.0 Å². The number of aryl methyl sites for hydroxylation is 1. The van der Waals surface area contributed by atoms with Crippen molar-refractivity contribution in [2.24, 2.45) is 0 Å². The van der Waals surface area contributed by atoms with Crippen molar-refractivity contribution in [2.75, 3.05) is 19.8 Å². The molecule has 1 aromatic carbocycles. The van der Waals surface area contributed by atoms with Crippen LogP contribution in [0.5, 0.6) is 0 Å². The Morgan fingerprint density at radius 2 is 2.00 bits per heavy atom. The topological polar surface area (TPSA) is 94.8 Å². The van der Waals surface area contributed by atoms with Gasteiger partial charge in [0.1, 0.15) is 0 Å². The van der Waals surface area contributed by atoms with Gasteiger partial charge in [-0.3, -0.25) is 9.59 Å². The largest absolute Gasteiger partial charge is 0.466 e. The molecule has 26 heavy (non-hydrogen) atoms. The van der Waals surface area contributed by atoms with Crippen LogP contribution in [0, 0.1) is 6.92 Å². The van der Waals surface area contributed by atoms with Crippen molar-refractivity contribution in [1.82, 2.24) is 5.32 Å². The predicted molar refractivity (Wildman–Crippen MR) is 95.1 cm³/mol. The number of benzene rings is 1. The number of nitrogens with one attached hydrogen (secondary N) is 1. The highest BCUT2D eigenvalue weighted by Gasteiger charge is 2.21. The minimum atomic E-state index is -0.739. The summed E-state index contributed by atoms with van der Waals surface area (Å²) >= 11 is 6.04. The highest BCUT2D eigenvalue weighted by molar-refractivity contribution is 6.35. The Kier molecular flexibility index (Phi) is 7.03. The highest BCUT2D eigenvalue weighted by atomic mass is 35.5. The van der Waals surface area contributed by atoms with E-state index in [1.165, 1.54) is 0 Å². The van der Waals surface area contributed by atoms with Gasteiger partial charge < -0.3 is 19.2 Å². The Balaban J connectivity index is 1.81. The van der Waals surface area contributed by atoms with Crippen LogP contribution in [0.1, 0.15) is 35.9 Å². The van der Waals surface area contributed by atoms with E-state index in [-0.39, 0.29) is 24.7 Å². The molecular formula is C18H20ClNO6. The van der Waals surface area contributed by atoms with Crippen molar-refractivity contribution in [2.45, 2.75) is 26.7 Å². The fraction of sp³-hybridized carbons (Fsp3) is 0.389. The molecule has 140 valence electrons. The molecule has 0 unspecified atom stereocenters. The van der Waals surface area contributed by atoms with Crippen LogP contribution in [-0.4, -0.2) is 37.6 Å². The lowest BCUT2D eigenvalue weighted by Gasteiger charge is -2.06. The van der Waals surface area contributed by atoms with Gasteiger partial charge in [-0.05, 0) is 26.3 Å². The molecule has 0 aliphatic carbocycles. The smallest absolute Gasteiger partial charge is 0.375 e. The molecular weight excluding hydrogens is 362 g/mol. The van der Waals surface area contributed by atoms with Crippen LogP contribution >= 0.6 is 11.6 Å². The maximum Gasteiger partial charge on any atom is 0.375 e. The fourth-order valence-corrected chi connectivity index (χ4v) is 2.56. The number of hydrogen-bond acceptors (Lipinski definition) is 6. The van der Waals surface area contributed by atoms with E-state index < -0.39 is 18.5 Å². The number of fused-ring (bicyclic) bond motifs is 1. The zero-order valence-corrected chi connectivity index (χ0v) is 15.4. The molecule has 1 N–H and O–H groups in total. The first-order valence-electron chi connectivity index (χ1n) is 8.21. The average Bonchev–Trinajstić information content (AvgIpc) is 2.95. The van der Waals surface area contributed by atoms with Crippen LogP contribution in [0.15, 0.2) is 22.6 Å². The van der Waals surface area contributed by atoms with Crippen LogP contribution in [-0.2, 0) is 19.1 Å². The summed E-state index contributed by atoms with van der Waals surface area (Å²) in [5, 5.41) is 3.67. The van der Waals surface area contributed by atoms with Gasteiger partial charge in [-0.15, -0.1) is 0 Å². The molecule has 2 aromatic rings. The second-order valence-corrected chi connectivity index (χ2v) is 5.91. The number of ether oxygens (including phenoxy) is 2. The second kappa shape index (κ2) is 9.24. The first-order valence-corrected chi connectivity index (χ1v) is 8.58. The van der Waals surface area contributed by atoms with Gasteiger partial charge >= 0.3 is 11.9 Å². The summed E-state index contributed by atoms with van der Waals surface area (Å²) in [5.41, 5.74) is 1.00. The van der Waals surface area contributed by atoms with E-state index in [2.05, 4.69) is 5.32 Å². The minimum absolute atomic E-state index is 0.0169. The molecule has 0 saturated carbocycles. The monoisotopic (exact) mass is 381 g/mol. The van der Waals surface area contributed by atoms with E-state index in [1.54, 1.807) is 32.0 Å². The van der Waals surface area contributed by atoms with Gasteiger partial charge in [-0.2, -0.15) is 0 Å². The molecule has 1 amide bonds. The highest BCUT2D eigenvalue weighted by Crippen LogP contribution is 2.30. The molecule has 0 fully saturated rings. The molecule has 1 aromatic heterocycles. The Hall–Kier alpha value is -2.54. The summed E-state index contributed by atoms with van der Waals surface area (Å²) in [6.07, 6.45) is 0.659. The number of rotatable bonds is 8. The Morgan fingerprint density at radius 3 is 2.69 bits per heavy atom. The van der Waals surface area contributed by atoms with Crippen molar-refractivity contribution < 1.29 is 28.3 Å². The van der Waals surface area contributed by atoms with Gasteiger partial charge in [0.2, 0.25) is 5.76 Å². The van der Waals surface area contributed by atoms with Crippen molar-refractivity contribution in [3.8, 4) is 0 Å². The van der Waals surface area contributed by atoms with Gasteiger partial charge in [0.25, 0.3) is 5.91 Å². The molecule has 0 saturated heterocycles. The van der Waals surface area contributed by atoms with E-state index in [4.69, 9.17) is 25.5 Å². The summed E-state index contributed by atoms with van der Waals surface area (Å²) < 4.78 is 15.2. The van der Waals surface area contributed by atoms with E-state index in [0.29, 0.717) is 34.6 Å². The molecule has 8 heteroatoms. The fourth-order valence-electron chi connectivity index (χ4n) is 2.34. The zero-order chi connectivity index (χ0) is 19.1. The third-order valence-electron chi connectivity index (χ3n) is 3.62. The standard InChI is InChI=1S/C18H20ClNO6/c1-3-24-15(22)8-5-9-20-14(21)10-25-18(23)16-11(2)12-6-4-7-13(19)17(12)26-16/h4,6-7H,3,5,8-10H2,1-2H3,(H,20,21). The summed E-state index contributed by atoms with van der Waals surface area (Å²) in [4.78, 5) is 35.0. The van der Waals surface area contributed by atoms with Crippen molar-refractivity contribution in [3.05, 3.63) is 34.5 Å². The Labute approximate surface area is 155 Å². The van der Waals surface area contributed by atoms with Crippen LogP contribution in [0.3, 0.4) is 0 Å². The van der Waals surface area contributed by atoms with E-state index in [9.17, 15) is 14.4 Å². The second-order valence-electron chi connectivity index (χ2n) is 5.51. The lowest BCUT2D eigenvalue weighted by atomic mass is 10.1. The zero-order valence-electron chi connectivity index (χ0n) is 14.6. The van der Waals surface area contributed by atoms with Crippen molar-refractivity contribution in [1.29, 1.82) is 0 Å². The first-order chi connectivity index (χ1) is 12.4. The van der Waals surface area contributed by atoms with Crippen LogP contribution in [0.4, 0.5) is 0 Å². The third-order valence-corrected chi connectivity index (χ3v) is 3.92. The van der Waals surface area contributed by atoms with Crippen LogP contribution in [0.2, 0.25) is 5.02 Å². The SMILES string of the molecule is CCOC(=O)CCCNC(=O)COC(=O)c1oc2c(Cl)cccc2c1C. The molecule has 0 atom stereocenters. The average molecular weight is 382 g/mol. The van der Waals surface area contributed by atoms with Gasteiger partial charge in [-0.25, -0.2) is 4.79 Å². The number of amides is 1. The van der Waals surface area contributed by atoms with E-state index >= 15 is 0 Å². The van der Waals surface area contributed by atoms with Gasteiger partial charge in [0, 0.05) is 23.9 Å². The van der Waals surface area contributed by atoms with Crippen LogP contribution < -0.4 is 5.32 Å². The van der Waals surface area contributed by atoms with Gasteiger partial charge in [0.05, 0.1) is 11.6 Å². The lowest BCUT2D eigenvalue weighted by molar-refractivity contribution is -0.143. The molecule has 0 aliphatic heterocycles.